The van der Waals surface area contributed by atoms with Crippen LogP contribution in [-0.4, -0.2) is 16.6 Å². The molecule has 3 heteroatoms. The average Bonchev–Trinajstić information content (AvgIpc) is 3.03. The van der Waals surface area contributed by atoms with Gasteiger partial charge in [0, 0.05) is 35.4 Å². The Kier molecular flexibility index (Phi) is 5.12. The molecule has 1 saturated carbocycles. The summed E-state index contributed by atoms with van der Waals surface area (Å²) in [6.07, 6.45) is 7.60. The van der Waals surface area contributed by atoms with Gasteiger partial charge in [-0.05, 0) is 53.3 Å². The third-order valence-corrected chi connectivity index (χ3v) is 6.96. The van der Waals surface area contributed by atoms with Gasteiger partial charge < -0.3 is 0 Å². The topological polar surface area (TPSA) is 47.0 Å². The van der Waals surface area contributed by atoms with Crippen LogP contribution in [0.4, 0.5) is 0 Å². The van der Waals surface area contributed by atoms with Gasteiger partial charge in [-0.25, -0.2) is 0 Å². The first-order valence-corrected chi connectivity index (χ1v) is 11.1. The molecule has 1 heterocycles. The molecule has 2 aliphatic carbocycles. The molecule has 0 spiro atoms. The highest BCUT2D eigenvalue weighted by Crippen LogP contribution is 2.43. The van der Waals surface area contributed by atoms with Gasteiger partial charge in [-0.1, -0.05) is 58.6 Å². The Bertz CT molecular complexity index is 1100. The number of fused-ring (bicyclic) bond motifs is 1. The number of benzene rings is 1. The minimum atomic E-state index is -0.489. The standard InChI is InChI=1S/C28H31NO2/c1-17-13-22-23(28(5,6)12-11-27(22,3)4)15-20(17)18(2)24-8-7-19(16-29-24)14-21-25(30)9-10-26(21)31/h7-8,11-13,15-16,21H,2,9-10,14H2,1,3-6H3. The number of Topliss-reactive ketones (excluding diaryl/α,β-unsaturated/α-hetero) is 2. The monoisotopic (exact) mass is 413 g/mol. The summed E-state index contributed by atoms with van der Waals surface area (Å²) in [7, 11) is 0. The van der Waals surface area contributed by atoms with E-state index in [1.165, 1.54) is 16.7 Å². The highest BCUT2D eigenvalue weighted by molar-refractivity contribution is 6.08. The van der Waals surface area contributed by atoms with Crippen LogP contribution < -0.4 is 0 Å². The van der Waals surface area contributed by atoms with E-state index < -0.39 is 5.92 Å². The summed E-state index contributed by atoms with van der Waals surface area (Å²) < 4.78 is 0. The van der Waals surface area contributed by atoms with E-state index >= 15 is 0 Å². The van der Waals surface area contributed by atoms with Gasteiger partial charge in [0.2, 0.25) is 0 Å². The normalized spacial score (nSPS) is 19.5. The summed E-state index contributed by atoms with van der Waals surface area (Å²) in [5.74, 6) is -0.372. The van der Waals surface area contributed by atoms with Crippen molar-refractivity contribution in [2.24, 2.45) is 5.92 Å². The van der Waals surface area contributed by atoms with Crippen molar-refractivity contribution in [3.8, 4) is 0 Å². The van der Waals surface area contributed by atoms with Crippen LogP contribution in [-0.2, 0) is 26.8 Å². The molecule has 0 atom stereocenters. The number of carbonyl (C=O) groups is 2. The van der Waals surface area contributed by atoms with Gasteiger partial charge in [-0.2, -0.15) is 0 Å². The van der Waals surface area contributed by atoms with Gasteiger partial charge >= 0.3 is 0 Å². The molecule has 31 heavy (non-hydrogen) atoms. The Morgan fingerprint density at radius 2 is 1.58 bits per heavy atom. The van der Waals surface area contributed by atoms with E-state index in [9.17, 15) is 9.59 Å². The summed E-state index contributed by atoms with van der Waals surface area (Å²) in [4.78, 5) is 28.5. The summed E-state index contributed by atoms with van der Waals surface area (Å²) in [6, 6.07) is 8.50. The molecule has 2 aliphatic rings. The average molecular weight is 414 g/mol. The van der Waals surface area contributed by atoms with Crippen LogP contribution >= 0.6 is 0 Å². The lowest BCUT2D eigenvalue weighted by molar-refractivity contribution is -0.127. The van der Waals surface area contributed by atoms with Crippen molar-refractivity contribution in [2.45, 2.75) is 64.7 Å². The minimum absolute atomic E-state index is 0.00445. The third kappa shape index (κ3) is 3.82. The van der Waals surface area contributed by atoms with Crippen LogP contribution in [0.25, 0.3) is 5.57 Å². The van der Waals surface area contributed by atoms with Gasteiger partial charge in [-0.15, -0.1) is 0 Å². The summed E-state index contributed by atoms with van der Waals surface area (Å²) >= 11 is 0. The second-order valence-corrected chi connectivity index (χ2v) is 10.2. The number of nitrogens with zero attached hydrogens (tertiary/aromatic N) is 1. The molecular formula is C28H31NO2. The molecule has 0 N–H and O–H groups in total. The van der Waals surface area contributed by atoms with E-state index in [-0.39, 0.29) is 22.4 Å². The molecule has 0 radical (unpaired) electrons. The number of allylic oxidation sites excluding steroid dienone is 2. The number of carbonyl (C=O) groups excluding carboxylic acids is 2. The fourth-order valence-corrected chi connectivity index (χ4v) is 4.79. The lowest BCUT2D eigenvalue weighted by Gasteiger charge is -2.37. The number of ketones is 2. The van der Waals surface area contributed by atoms with E-state index in [1.807, 2.05) is 12.1 Å². The number of rotatable bonds is 4. The van der Waals surface area contributed by atoms with Crippen LogP contribution in [0.5, 0.6) is 0 Å². The SMILES string of the molecule is C=C(c1ccc(CC2C(=O)CCC2=O)cn1)c1cc2c(cc1C)C(C)(C)C=CC2(C)C. The van der Waals surface area contributed by atoms with Gasteiger partial charge in [0.1, 0.15) is 11.6 Å². The molecule has 0 saturated heterocycles. The Balaban J connectivity index is 1.63. The zero-order chi connectivity index (χ0) is 22.6. The predicted molar refractivity (Wildman–Crippen MR) is 125 cm³/mol. The maximum atomic E-state index is 11.9. The maximum Gasteiger partial charge on any atom is 0.144 e. The van der Waals surface area contributed by atoms with Crippen molar-refractivity contribution in [1.29, 1.82) is 0 Å². The van der Waals surface area contributed by atoms with E-state index in [0.717, 1.165) is 22.4 Å². The molecule has 1 aromatic heterocycles. The Hall–Kier alpha value is -2.81. The van der Waals surface area contributed by atoms with Crippen LogP contribution in [0.15, 0.2) is 49.2 Å². The molecule has 160 valence electrons. The Labute approximate surface area is 185 Å². The lowest BCUT2D eigenvalue weighted by Crippen LogP contribution is -2.29. The molecule has 0 unspecified atom stereocenters. The first kappa shape index (κ1) is 21.4. The molecule has 0 bridgehead atoms. The van der Waals surface area contributed by atoms with Crippen molar-refractivity contribution in [3.05, 3.63) is 82.7 Å². The number of aromatic nitrogens is 1. The van der Waals surface area contributed by atoms with Crippen molar-refractivity contribution in [2.75, 3.05) is 0 Å². The van der Waals surface area contributed by atoms with Gasteiger partial charge in [-0.3, -0.25) is 14.6 Å². The van der Waals surface area contributed by atoms with E-state index in [1.54, 1.807) is 6.20 Å². The highest BCUT2D eigenvalue weighted by Gasteiger charge is 2.34. The zero-order valence-electron chi connectivity index (χ0n) is 19.2. The summed E-state index contributed by atoms with van der Waals surface area (Å²) in [6.45, 7) is 15.5. The van der Waals surface area contributed by atoms with Crippen molar-refractivity contribution in [3.63, 3.8) is 0 Å². The first-order valence-electron chi connectivity index (χ1n) is 11.1. The maximum absolute atomic E-state index is 11.9. The largest absolute Gasteiger partial charge is 0.299 e. The number of hydrogen-bond acceptors (Lipinski definition) is 3. The quantitative estimate of drug-likeness (QED) is 0.479. The van der Waals surface area contributed by atoms with E-state index in [4.69, 9.17) is 0 Å². The fraction of sp³-hybridized carbons (Fsp3) is 0.393. The fourth-order valence-electron chi connectivity index (χ4n) is 4.79. The van der Waals surface area contributed by atoms with Crippen molar-refractivity contribution < 1.29 is 9.59 Å². The van der Waals surface area contributed by atoms with Crippen LogP contribution in [0, 0.1) is 12.8 Å². The van der Waals surface area contributed by atoms with Crippen LogP contribution in [0.3, 0.4) is 0 Å². The number of hydrogen-bond donors (Lipinski definition) is 0. The van der Waals surface area contributed by atoms with Crippen LogP contribution in [0.1, 0.15) is 74.0 Å². The van der Waals surface area contributed by atoms with Crippen LogP contribution in [0.2, 0.25) is 0 Å². The molecule has 0 aliphatic heterocycles. The molecular weight excluding hydrogens is 382 g/mol. The second kappa shape index (κ2) is 7.40. The van der Waals surface area contributed by atoms with Gasteiger partial charge in [0.15, 0.2) is 0 Å². The van der Waals surface area contributed by atoms with E-state index in [0.29, 0.717) is 19.3 Å². The van der Waals surface area contributed by atoms with E-state index in [2.05, 4.69) is 70.5 Å². The summed E-state index contributed by atoms with van der Waals surface area (Å²) in [5, 5.41) is 0. The zero-order valence-corrected chi connectivity index (χ0v) is 19.2. The Morgan fingerprint density at radius 1 is 1.00 bits per heavy atom. The highest BCUT2D eigenvalue weighted by atomic mass is 16.2. The molecule has 3 nitrogen and oxygen atoms in total. The Morgan fingerprint density at radius 3 is 2.13 bits per heavy atom. The predicted octanol–water partition coefficient (Wildman–Crippen LogP) is 5.67. The number of aryl methyl sites for hydroxylation is 1. The molecule has 1 fully saturated rings. The lowest BCUT2D eigenvalue weighted by atomic mass is 9.67. The smallest absolute Gasteiger partial charge is 0.144 e. The van der Waals surface area contributed by atoms with Crippen molar-refractivity contribution in [1.82, 2.24) is 4.98 Å². The molecule has 0 amide bonds. The van der Waals surface area contributed by atoms with Gasteiger partial charge in [0.05, 0.1) is 11.6 Å². The molecule has 4 rings (SSSR count). The molecule has 1 aromatic carbocycles. The minimum Gasteiger partial charge on any atom is -0.299 e. The van der Waals surface area contributed by atoms with Crippen molar-refractivity contribution >= 4 is 17.1 Å². The number of pyridine rings is 1. The van der Waals surface area contributed by atoms with Gasteiger partial charge in [0.25, 0.3) is 0 Å². The molecule has 2 aromatic rings. The first-order chi connectivity index (χ1) is 14.5. The second-order valence-electron chi connectivity index (χ2n) is 10.2. The summed E-state index contributed by atoms with van der Waals surface area (Å²) in [5.41, 5.74) is 7.59. The third-order valence-electron chi connectivity index (χ3n) is 6.96.